The smallest absolute Gasteiger partial charge is 0.0955 e. The van der Waals surface area contributed by atoms with E-state index in [1.165, 1.54) is 11.1 Å². The number of imidazole rings is 1. The van der Waals surface area contributed by atoms with E-state index in [0.717, 1.165) is 9.99 Å². The molecule has 0 amide bonds. The first-order chi connectivity index (χ1) is 5.68. The van der Waals surface area contributed by atoms with Crippen LogP contribution in [-0.2, 0) is 7.05 Å². The van der Waals surface area contributed by atoms with Gasteiger partial charge < -0.3 is 4.57 Å². The normalized spacial score (nSPS) is 10.9. The summed E-state index contributed by atoms with van der Waals surface area (Å²) >= 11 is 3.44. The van der Waals surface area contributed by atoms with E-state index in [9.17, 15) is 0 Å². The number of halogens is 1. The second kappa shape index (κ2) is 2.59. The van der Waals surface area contributed by atoms with Crippen molar-refractivity contribution in [2.45, 2.75) is 6.92 Å². The summed E-state index contributed by atoms with van der Waals surface area (Å²) in [7, 11) is 2.01. The SMILES string of the molecule is Cc1cc(Br)cc2ncn(C)c12. The van der Waals surface area contributed by atoms with Crippen LogP contribution in [0, 0.1) is 6.92 Å². The van der Waals surface area contributed by atoms with Gasteiger partial charge in [0.15, 0.2) is 0 Å². The lowest BCUT2D eigenvalue weighted by molar-refractivity contribution is 0.943. The lowest BCUT2D eigenvalue weighted by Crippen LogP contribution is -1.86. The molecule has 0 aliphatic rings. The lowest BCUT2D eigenvalue weighted by Gasteiger charge is -1.99. The summed E-state index contributed by atoms with van der Waals surface area (Å²) in [4.78, 5) is 4.27. The number of benzene rings is 1. The summed E-state index contributed by atoms with van der Waals surface area (Å²) in [6, 6.07) is 4.13. The third-order valence-corrected chi connectivity index (χ3v) is 2.43. The zero-order chi connectivity index (χ0) is 8.72. The number of aromatic nitrogens is 2. The molecule has 62 valence electrons. The molecule has 1 aromatic carbocycles. The summed E-state index contributed by atoms with van der Waals surface area (Å²) in [6.45, 7) is 2.09. The first-order valence-electron chi connectivity index (χ1n) is 3.75. The second-order valence-corrected chi connectivity index (χ2v) is 3.86. The Bertz CT molecular complexity index is 431. The van der Waals surface area contributed by atoms with Gasteiger partial charge in [-0.15, -0.1) is 0 Å². The van der Waals surface area contributed by atoms with E-state index in [4.69, 9.17) is 0 Å². The van der Waals surface area contributed by atoms with E-state index in [1.807, 2.05) is 24.0 Å². The Kier molecular flexibility index (Phi) is 1.68. The van der Waals surface area contributed by atoms with Crippen molar-refractivity contribution in [1.29, 1.82) is 0 Å². The zero-order valence-electron chi connectivity index (χ0n) is 7.00. The van der Waals surface area contributed by atoms with Gasteiger partial charge in [0.1, 0.15) is 0 Å². The van der Waals surface area contributed by atoms with Crippen LogP contribution in [0.5, 0.6) is 0 Å². The van der Waals surface area contributed by atoms with E-state index >= 15 is 0 Å². The van der Waals surface area contributed by atoms with E-state index in [-0.39, 0.29) is 0 Å². The van der Waals surface area contributed by atoms with Gasteiger partial charge in [-0.3, -0.25) is 0 Å². The molecule has 0 aliphatic carbocycles. The minimum absolute atomic E-state index is 1.05. The van der Waals surface area contributed by atoms with Crippen molar-refractivity contribution in [2.75, 3.05) is 0 Å². The molecular weight excluding hydrogens is 216 g/mol. The average Bonchev–Trinajstić information content (AvgIpc) is 2.31. The Hall–Kier alpha value is -0.830. The fourth-order valence-corrected chi connectivity index (χ4v) is 2.04. The summed E-state index contributed by atoms with van der Waals surface area (Å²) in [5.74, 6) is 0. The van der Waals surface area contributed by atoms with Gasteiger partial charge in [0.2, 0.25) is 0 Å². The predicted molar refractivity (Wildman–Crippen MR) is 53.2 cm³/mol. The summed E-state index contributed by atoms with van der Waals surface area (Å²) < 4.78 is 3.13. The van der Waals surface area contributed by atoms with Crippen molar-refractivity contribution in [3.63, 3.8) is 0 Å². The molecule has 0 saturated carbocycles. The van der Waals surface area contributed by atoms with E-state index < -0.39 is 0 Å². The Morgan fingerprint density at radius 2 is 2.17 bits per heavy atom. The predicted octanol–water partition coefficient (Wildman–Crippen LogP) is 2.64. The maximum absolute atomic E-state index is 4.27. The molecule has 0 unspecified atom stereocenters. The van der Waals surface area contributed by atoms with Crippen LogP contribution >= 0.6 is 15.9 Å². The number of hydrogen-bond acceptors (Lipinski definition) is 1. The summed E-state index contributed by atoms with van der Waals surface area (Å²) in [6.07, 6.45) is 1.84. The minimum Gasteiger partial charge on any atom is -0.334 e. The summed E-state index contributed by atoms with van der Waals surface area (Å²) in [5.41, 5.74) is 3.50. The quantitative estimate of drug-likeness (QED) is 0.673. The molecule has 0 bridgehead atoms. The number of nitrogens with zero attached hydrogens (tertiary/aromatic N) is 2. The number of aryl methyl sites for hydroxylation is 2. The molecular formula is C9H9BrN2. The summed E-state index contributed by atoms with van der Waals surface area (Å²) in [5, 5.41) is 0. The van der Waals surface area contributed by atoms with Gasteiger partial charge >= 0.3 is 0 Å². The number of hydrogen-bond donors (Lipinski definition) is 0. The molecule has 1 aromatic heterocycles. The Labute approximate surface area is 79.3 Å². The Morgan fingerprint density at radius 3 is 2.92 bits per heavy atom. The maximum Gasteiger partial charge on any atom is 0.0955 e. The highest BCUT2D eigenvalue weighted by Crippen LogP contribution is 2.21. The van der Waals surface area contributed by atoms with Crippen LogP contribution in [0.25, 0.3) is 11.0 Å². The molecule has 0 radical (unpaired) electrons. The highest BCUT2D eigenvalue weighted by Gasteiger charge is 2.03. The number of rotatable bonds is 0. The molecule has 0 N–H and O–H groups in total. The zero-order valence-corrected chi connectivity index (χ0v) is 8.59. The van der Waals surface area contributed by atoms with Gasteiger partial charge in [-0.25, -0.2) is 4.98 Å². The lowest BCUT2D eigenvalue weighted by atomic mass is 10.2. The van der Waals surface area contributed by atoms with E-state index in [2.05, 4.69) is 33.9 Å². The van der Waals surface area contributed by atoms with Crippen LogP contribution in [0.1, 0.15) is 5.56 Å². The molecule has 2 aromatic rings. The molecule has 2 nitrogen and oxygen atoms in total. The Balaban J connectivity index is 2.93. The van der Waals surface area contributed by atoms with Gasteiger partial charge in [0.05, 0.1) is 17.4 Å². The fraction of sp³-hybridized carbons (Fsp3) is 0.222. The van der Waals surface area contributed by atoms with Crippen LogP contribution in [0.2, 0.25) is 0 Å². The molecule has 0 aliphatic heterocycles. The van der Waals surface area contributed by atoms with Gasteiger partial charge in [0, 0.05) is 11.5 Å². The van der Waals surface area contributed by atoms with Crippen LogP contribution in [-0.4, -0.2) is 9.55 Å². The largest absolute Gasteiger partial charge is 0.334 e. The first-order valence-corrected chi connectivity index (χ1v) is 4.55. The molecule has 2 rings (SSSR count). The topological polar surface area (TPSA) is 17.8 Å². The third kappa shape index (κ3) is 1.05. The highest BCUT2D eigenvalue weighted by atomic mass is 79.9. The molecule has 1 heterocycles. The molecule has 0 saturated heterocycles. The van der Waals surface area contributed by atoms with Gasteiger partial charge in [0.25, 0.3) is 0 Å². The van der Waals surface area contributed by atoms with Crippen molar-refractivity contribution in [2.24, 2.45) is 7.05 Å². The van der Waals surface area contributed by atoms with Crippen molar-refractivity contribution < 1.29 is 0 Å². The first kappa shape index (κ1) is 7.80. The minimum atomic E-state index is 1.05. The van der Waals surface area contributed by atoms with Gasteiger partial charge in [-0.05, 0) is 24.6 Å². The maximum atomic E-state index is 4.27. The van der Waals surface area contributed by atoms with Crippen LogP contribution in [0.4, 0.5) is 0 Å². The van der Waals surface area contributed by atoms with E-state index in [1.54, 1.807) is 0 Å². The highest BCUT2D eigenvalue weighted by molar-refractivity contribution is 9.10. The standard InChI is InChI=1S/C9H9BrN2/c1-6-3-7(10)4-8-9(6)12(2)5-11-8/h3-5H,1-2H3. The van der Waals surface area contributed by atoms with Crippen molar-refractivity contribution in [1.82, 2.24) is 9.55 Å². The van der Waals surface area contributed by atoms with Crippen molar-refractivity contribution >= 4 is 27.0 Å². The molecule has 0 spiro atoms. The van der Waals surface area contributed by atoms with Crippen LogP contribution in [0.15, 0.2) is 22.9 Å². The van der Waals surface area contributed by atoms with Gasteiger partial charge in [-0.1, -0.05) is 15.9 Å². The third-order valence-electron chi connectivity index (χ3n) is 1.97. The average molecular weight is 225 g/mol. The Morgan fingerprint density at radius 1 is 1.42 bits per heavy atom. The second-order valence-electron chi connectivity index (χ2n) is 2.95. The molecule has 0 atom stereocenters. The monoisotopic (exact) mass is 224 g/mol. The van der Waals surface area contributed by atoms with Crippen molar-refractivity contribution in [3.8, 4) is 0 Å². The van der Waals surface area contributed by atoms with Crippen molar-refractivity contribution in [3.05, 3.63) is 28.5 Å². The molecule has 3 heteroatoms. The van der Waals surface area contributed by atoms with Crippen LogP contribution in [0.3, 0.4) is 0 Å². The van der Waals surface area contributed by atoms with Gasteiger partial charge in [-0.2, -0.15) is 0 Å². The molecule has 12 heavy (non-hydrogen) atoms. The van der Waals surface area contributed by atoms with Crippen LogP contribution < -0.4 is 0 Å². The fourth-order valence-electron chi connectivity index (χ4n) is 1.48. The molecule has 0 fully saturated rings. The van der Waals surface area contributed by atoms with E-state index in [0.29, 0.717) is 0 Å². The number of fused-ring (bicyclic) bond motifs is 1.